The summed E-state index contributed by atoms with van der Waals surface area (Å²) in [5, 5.41) is 7.20. The molecule has 8 fully saturated rings. The van der Waals surface area contributed by atoms with Crippen molar-refractivity contribution in [3.05, 3.63) is 0 Å². The minimum atomic E-state index is -2.99. The van der Waals surface area contributed by atoms with Gasteiger partial charge in [0.2, 0.25) is 0 Å². The first-order valence-electron chi connectivity index (χ1n) is 10.9. The SMILES string of the molecule is NP(=O)(NC12CC3CC(CC(C3)C1)C2)NC12CC3CC(CC(C3)C1)C2. The van der Waals surface area contributed by atoms with Crippen LogP contribution in [0, 0.1) is 35.5 Å². The predicted molar refractivity (Wildman–Crippen MR) is 99.9 cm³/mol. The molecular weight excluding hydrogens is 329 g/mol. The first-order chi connectivity index (χ1) is 11.9. The smallest absolute Gasteiger partial charge is 0.271 e. The van der Waals surface area contributed by atoms with Crippen LogP contribution in [0.2, 0.25) is 0 Å². The molecule has 4 nitrogen and oxygen atoms in total. The van der Waals surface area contributed by atoms with Crippen molar-refractivity contribution in [1.82, 2.24) is 10.2 Å². The summed E-state index contributed by atoms with van der Waals surface area (Å²) in [4.78, 5) is 0. The highest BCUT2D eigenvalue weighted by molar-refractivity contribution is 7.57. The van der Waals surface area contributed by atoms with Gasteiger partial charge in [-0.2, -0.15) is 0 Å². The second-order valence-corrected chi connectivity index (χ2v) is 13.0. The lowest BCUT2D eigenvalue weighted by atomic mass is 9.53. The van der Waals surface area contributed by atoms with Gasteiger partial charge < -0.3 is 0 Å². The number of rotatable bonds is 4. The third-order valence-electron chi connectivity index (χ3n) is 8.88. The molecule has 8 bridgehead atoms. The zero-order chi connectivity index (χ0) is 16.9. The summed E-state index contributed by atoms with van der Waals surface area (Å²) in [6.07, 6.45) is 15.8. The van der Waals surface area contributed by atoms with Crippen LogP contribution in [0.15, 0.2) is 0 Å². The van der Waals surface area contributed by atoms with Crippen LogP contribution < -0.4 is 15.7 Å². The lowest BCUT2D eigenvalue weighted by Gasteiger charge is -2.59. The fourth-order valence-electron chi connectivity index (χ4n) is 9.23. The fourth-order valence-corrected chi connectivity index (χ4v) is 11.2. The number of hydrogen-bond acceptors (Lipinski definition) is 1. The van der Waals surface area contributed by atoms with Gasteiger partial charge in [-0.25, -0.2) is 10.2 Å². The molecule has 0 amide bonds. The van der Waals surface area contributed by atoms with Gasteiger partial charge in [-0.1, -0.05) is 0 Å². The molecule has 0 aromatic carbocycles. The number of hydrogen-bond donors (Lipinski definition) is 3. The van der Waals surface area contributed by atoms with Crippen LogP contribution in [0.25, 0.3) is 0 Å². The summed E-state index contributed by atoms with van der Waals surface area (Å²) >= 11 is 0. The molecule has 25 heavy (non-hydrogen) atoms. The summed E-state index contributed by atoms with van der Waals surface area (Å²) < 4.78 is 13.5. The lowest BCUT2D eigenvalue weighted by molar-refractivity contribution is -0.0148. The van der Waals surface area contributed by atoms with Crippen LogP contribution in [0.4, 0.5) is 0 Å². The van der Waals surface area contributed by atoms with Crippen molar-refractivity contribution < 1.29 is 4.57 Å². The van der Waals surface area contributed by atoms with Crippen molar-refractivity contribution in [2.75, 3.05) is 0 Å². The van der Waals surface area contributed by atoms with Gasteiger partial charge >= 0.3 is 0 Å². The molecule has 0 unspecified atom stereocenters. The van der Waals surface area contributed by atoms with E-state index in [1.165, 1.54) is 77.0 Å². The third-order valence-corrected chi connectivity index (χ3v) is 10.5. The van der Waals surface area contributed by atoms with Crippen LogP contribution in [-0.4, -0.2) is 11.1 Å². The summed E-state index contributed by atoms with van der Waals surface area (Å²) in [6, 6.07) is 0. The Kier molecular flexibility index (Phi) is 3.30. The maximum absolute atomic E-state index is 13.5. The van der Waals surface area contributed by atoms with Crippen LogP contribution >= 0.6 is 7.59 Å². The van der Waals surface area contributed by atoms with E-state index in [4.69, 9.17) is 5.50 Å². The highest BCUT2D eigenvalue weighted by Crippen LogP contribution is 2.60. The van der Waals surface area contributed by atoms with Crippen LogP contribution in [-0.2, 0) is 4.57 Å². The van der Waals surface area contributed by atoms with Crippen molar-refractivity contribution in [2.24, 2.45) is 41.0 Å². The molecule has 8 rings (SSSR count). The molecule has 0 heterocycles. The van der Waals surface area contributed by atoms with E-state index < -0.39 is 7.59 Å². The van der Waals surface area contributed by atoms with Crippen LogP contribution in [0.5, 0.6) is 0 Å². The molecule has 0 aliphatic heterocycles. The molecule has 0 atom stereocenters. The Bertz CT molecular complexity index is 512. The van der Waals surface area contributed by atoms with Crippen LogP contribution in [0.1, 0.15) is 77.0 Å². The second-order valence-electron chi connectivity index (χ2n) is 11.3. The Morgan fingerprint density at radius 2 is 0.840 bits per heavy atom. The highest BCUT2D eigenvalue weighted by Gasteiger charge is 2.55. The van der Waals surface area contributed by atoms with Crippen molar-refractivity contribution in [3.63, 3.8) is 0 Å². The quantitative estimate of drug-likeness (QED) is 0.656. The zero-order valence-corrected chi connectivity index (χ0v) is 16.3. The summed E-state index contributed by atoms with van der Waals surface area (Å²) in [5.74, 6) is 5.16. The first kappa shape index (κ1) is 16.1. The number of nitrogens with one attached hydrogen (secondary N) is 2. The Labute approximate surface area is 152 Å². The maximum atomic E-state index is 13.5. The van der Waals surface area contributed by atoms with Crippen molar-refractivity contribution in [1.29, 1.82) is 0 Å². The largest absolute Gasteiger partial charge is 0.277 e. The summed E-state index contributed by atoms with van der Waals surface area (Å²) in [6.45, 7) is 0. The van der Waals surface area contributed by atoms with Gasteiger partial charge in [0.25, 0.3) is 7.59 Å². The highest BCUT2D eigenvalue weighted by atomic mass is 31.2. The Hall–Kier alpha value is 0.110. The molecule has 0 aromatic heterocycles. The van der Waals surface area contributed by atoms with E-state index in [0.717, 1.165) is 35.5 Å². The van der Waals surface area contributed by atoms with Gasteiger partial charge in [0.05, 0.1) is 0 Å². The van der Waals surface area contributed by atoms with Gasteiger partial charge in [0.15, 0.2) is 0 Å². The van der Waals surface area contributed by atoms with Gasteiger partial charge in [-0.05, 0) is 113 Å². The summed E-state index contributed by atoms with van der Waals surface area (Å²) in [5.41, 5.74) is 6.65. The van der Waals surface area contributed by atoms with E-state index in [1.807, 2.05) is 0 Å². The molecule has 0 spiro atoms. The molecule has 140 valence electrons. The van der Waals surface area contributed by atoms with Gasteiger partial charge in [-0.3, -0.25) is 10.1 Å². The Morgan fingerprint density at radius 3 is 1.08 bits per heavy atom. The molecule has 5 heteroatoms. The zero-order valence-electron chi connectivity index (χ0n) is 15.4. The van der Waals surface area contributed by atoms with E-state index in [2.05, 4.69) is 10.2 Å². The van der Waals surface area contributed by atoms with Crippen molar-refractivity contribution in [2.45, 2.75) is 88.1 Å². The first-order valence-corrected chi connectivity index (χ1v) is 12.6. The normalized spacial score (nSPS) is 57.8. The topological polar surface area (TPSA) is 67.2 Å². The molecule has 8 aliphatic rings. The van der Waals surface area contributed by atoms with Gasteiger partial charge in [-0.15, -0.1) is 0 Å². The van der Waals surface area contributed by atoms with E-state index in [0.29, 0.717) is 0 Å². The van der Waals surface area contributed by atoms with Crippen molar-refractivity contribution in [3.8, 4) is 0 Å². The average molecular weight is 363 g/mol. The Morgan fingerprint density at radius 1 is 0.600 bits per heavy atom. The monoisotopic (exact) mass is 363 g/mol. The standard InChI is InChI=1S/C20H34N3OP/c21-25(24,22-19-7-13-1-14(8-19)3-15(2-13)9-19)23-20-10-16-4-17(11-20)6-18(5-16)12-20/h13-18H,1-12H2,(H4,21,22,23,24). The maximum Gasteiger partial charge on any atom is 0.277 e. The fraction of sp³-hybridized carbons (Fsp3) is 1.00. The number of nitrogens with two attached hydrogens (primary N) is 1. The van der Waals surface area contributed by atoms with E-state index in [9.17, 15) is 4.57 Å². The predicted octanol–water partition coefficient (Wildman–Crippen LogP) is 4.17. The molecule has 0 radical (unpaired) electrons. The minimum Gasteiger partial charge on any atom is -0.271 e. The summed E-state index contributed by atoms with van der Waals surface area (Å²) in [7, 11) is -2.99. The van der Waals surface area contributed by atoms with E-state index >= 15 is 0 Å². The Balaban J connectivity index is 1.21. The van der Waals surface area contributed by atoms with Crippen LogP contribution in [0.3, 0.4) is 0 Å². The molecule has 8 aliphatic carbocycles. The molecule has 8 saturated carbocycles. The van der Waals surface area contributed by atoms with Gasteiger partial charge in [0.1, 0.15) is 0 Å². The lowest BCUT2D eigenvalue weighted by Crippen LogP contribution is -2.62. The van der Waals surface area contributed by atoms with E-state index in [-0.39, 0.29) is 11.1 Å². The molecule has 0 aromatic rings. The van der Waals surface area contributed by atoms with Gasteiger partial charge in [0, 0.05) is 11.1 Å². The minimum absolute atomic E-state index is 0.0777. The van der Waals surface area contributed by atoms with E-state index in [1.54, 1.807) is 0 Å². The molecule has 4 N–H and O–H groups in total. The molecule has 0 saturated heterocycles. The second kappa shape index (κ2) is 5.13. The van der Waals surface area contributed by atoms with Crippen molar-refractivity contribution >= 4 is 7.59 Å². The third kappa shape index (κ3) is 2.70. The molecular formula is C20H34N3OP. The average Bonchev–Trinajstić information content (AvgIpc) is 2.40.